The molecule has 0 atom stereocenters. The van der Waals surface area contributed by atoms with Crippen molar-refractivity contribution in [3.63, 3.8) is 0 Å². The van der Waals surface area contributed by atoms with Crippen LogP contribution in [-0.4, -0.2) is 23.7 Å². The average molecular weight is 313 g/mol. The van der Waals surface area contributed by atoms with E-state index in [0.717, 1.165) is 11.1 Å². The summed E-state index contributed by atoms with van der Waals surface area (Å²) < 4.78 is 5.19. The highest BCUT2D eigenvalue weighted by Gasteiger charge is 2.07. The molecule has 2 rings (SSSR count). The van der Waals surface area contributed by atoms with Gasteiger partial charge in [-0.25, -0.2) is 5.43 Å². The largest absolute Gasteiger partial charge is 0.483 e. The lowest BCUT2D eigenvalue weighted by molar-refractivity contribution is -0.384. The number of hydrogen-bond acceptors (Lipinski definition) is 5. The lowest BCUT2D eigenvalue weighted by Gasteiger charge is -2.04. The number of aryl methyl sites for hydroxylation is 1. The van der Waals surface area contributed by atoms with Gasteiger partial charge in [0.2, 0.25) is 0 Å². The van der Waals surface area contributed by atoms with Gasteiger partial charge in [-0.05, 0) is 18.6 Å². The molecular formula is C16H15N3O4. The Morgan fingerprint density at radius 1 is 1.30 bits per heavy atom. The number of carbonyl (C=O) groups excluding carboxylic acids is 1. The first-order valence-corrected chi connectivity index (χ1v) is 6.80. The zero-order valence-electron chi connectivity index (χ0n) is 12.4. The van der Waals surface area contributed by atoms with Crippen molar-refractivity contribution in [1.29, 1.82) is 0 Å². The fourth-order valence-electron chi connectivity index (χ4n) is 1.70. The molecule has 0 aromatic heterocycles. The third-order valence-electron chi connectivity index (χ3n) is 2.88. The molecule has 118 valence electrons. The number of ether oxygens (including phenoxy) is 1. The van der Waals surface area contributed by atoms with Crippen LogP contribution in [0.15, 0.2) is 53.6 Å². The molecule has 0 bridgehead atoms. The molecule has 0 aliphatic rings. The summed E-state index contributed by atoms with van der Waals surface area (Å²) in [5.74, 6) is -0.211. The van der Waals surface area contributed by atoms with Crippen LogP contribution < -0.4 is 10.2 Å². The fraction of sp³-hybridized carbons (Fsp3) is 0.125. The third-order valence-corrected chi connectivity index (χ3v) is 2.88. The van der Waals surface area contributed by atoms with Gasteiger partial charge < -0.3 is 4.74 Å². The minimum absolute atomic E-state index is 0.0969. The maximum Gasteiger partial charge on any atom is 0.277 e. The molecule has 7 heteroatoms. The van der Waals surface area contributed by atoms with Gasteiger partial charge in [0.05, 0.1) is 17.2 Å². The summed E-state index contributed by atoms with van der Waals surface area (Å²) in [5, 5.41) is 14.5. The highest BCUT2D eigenvalue weighted by atomic mass is 16.6. The molecule has 2 aromatic rings. The molecule has 2 aromatic carbocycles. The van der Waals surface area contributed by atoms with Crippen LogP contribution in [0.2, 0.25) is 0 Å². The van der Waals surface area contributed by atoms with Crippen molar-refractivity contribution in [3.05, 3.63) is 69.8 Å². The number of rotatable bonds is 6. The molecule has 0 aliphatic carbocycles. The Kier molecular flexibility index (Phi) is 5.40. The summed E-state index contributed by atoms with van der Waals surface area (Å²) in [4.78, 5) is 21.7. The average Bonchev–Trinajstić information content (AvgIpc) is 2.55. The maximum absolute atomic E-state index is 11.6. The van der Waals surface area contributed by atoms with E-state index in [-0.39, 0.29) is 18.0 Å². The molecule has 0 unspecified atom stereocenters. The molecule has 0 spiro atoms. The van der Waals surface area contributed by atoms with Crippen molar-refractivity contribution >= 4 is 17.8 Å². The van der Waals surface area contributed by atoms with Crippen molar-refractivity contribution < 1.29 is 14.5 Å². The molecule has 1 amide bonds. The molecule has 0 heterocycles. The summed E-state index contributed by atoms with van der Waals surface area (Å²) in [5.41, 5.74) is 4.22. The number of carbonyl (C=O) groups is 1. The summed E-state index contributed by atoms with van der Waals surface area (Å²) in [6.45, 7) is 1.69. The van der Waals surface area contributed by atoms with Crippen molar-refractivity contribution in [3.8, 4) is 5.75 Å². The van der Waals surface area contributed by atoms with Crippen LogP contribution in [0.5, 0.6) is 5.75 Å². The Labute approximate surface area is 132 Å². The van der Waals surface area contributed by atoms with Gasteiger partial charge >= 0.3 is 0 Å². The van der Waals surface area contributed by atoms with Gasteiger partial charge in [-0.2, -0.15) is 5.10 Å². The number of nitrogens with zero attached hydrogens (tertiary/aromatic N) is 2. The van der Waals surface area contributed by atoms with Crippen LogP contribution >= 0.6 is 0 Å². The van der Waals surface area contributed by atoms with Crippen LogP contribution in [0.25, 0.3) is 0 Å². The van der Waals surface area contributed by atoms with E-state index in [2.05, 4.69) is 10.5 Å². The molecule has 0 saturated heterocycles. The first-order valence-electron chi connectivity index (χ1n) is 6.80. The highest BCUT2D eigenvalue weighted by molar-refractivity contribution is 5.82. The molecule has 7 nitrogen and oxygen atoms in total. The first-order chi connectivity index (χ1) is 11.0. The van der Waals surface area contributed by atoms with E-state index in [4.69, 9.17) is 4.74 Å². The Hall–Kier alpha value is -3.22. The zero-order valence-corrected chi connectivity index (χ0v) is 12.4. The van der Waals surface area contributed by atoms with Gasteiger partial charge in [0.1, 0.15) is 5.75 Å². The number of amides is 1. The van der Waals surface area contributed by atoms with Crippen molar-refractivity contribution in [2.75, 3.05) is 6.61 Å². The predicted molar refractivity (Wildman–Crippen MR) is 85.5 cm³/mol. The number of nitro groups is 1. The number of nitro benzene ring substituents is 1. The van der Waals surface area contributed by atoms with Gasteiger partial charge in [0.15, 0.2) is 6.61 Å². The molecule has 0 aliphatic heterocycles. The second-order valence-corrected chi connectivity index (χ2v) is 4.75. The van der Waals surface area contributed by atoms with E-state index in [0.29, 0.717) is 0 Å². The second-order valence-electron chi connectivity index (χ2n) is 4.75. The minimum Gasteiger partial charge on any atom is -0.483 e. The van der Waals surface area contributed by atoms with E-state index in [9.17, 15) is 14.9 Å². The minimum atomic E-state index is -0.529. The van der Waals surface area contributed by atoms with Crippen LogP contribution in [0.1, 0.15) is 11.1 Å². The second kappa shape index (κ2) is 7.69. The number of nitrogens with one attached hydrogen (secondary N) is 1. The van der Waals surface area contributed by atoms with Gasteiger partial charge in [-0.15, -0.1) is 0 Å². The Bertz CT molecular complexity index is 726. The Balaban J connectivity index is 1.82. The first kappa shape index (κ1) is 16.2. The smallest absolute Gasteiger partial charge is 0.277 e. The Morgan fingerprint density at radius 3 is 2.74 bits per heavy atom. The Morgan fingerprint density at radius 2 is 2.04 bits per heavy atom. The number of benzene rings is 2. The third kappa shape index (κ3) is 5.24. The normalized spacial score (nSPS) is 10.5. The van der Waals surface area contributed by atoms with Gasteiger partial charge in [-0.1, -0.05) is 35.9 Å². The summed E-state index contributed by atoms with van der Waals surface area (Å²) in [6, 6.07) is 13.3. The molecule has 1 N–H and O–H groups in total. The molecule has 23 heavy (non-hydrogen) atoms. The molecule has 0 saturated carbocycles. The summed E-state index contributed by atoms with van der Waals surface area (Å²) in [6.07, 6.45) is 1.52. The number of hydrogen-bond donors (Lipinski definition) is 1. The lowest BCUT2D eigenvalue weighted by Crippen LogP contribution is -2.24. The molecule has 0 radical (unpaired) electrons. The van der Waals surface area contributed by atoms with Crippen LogP contribution in [0.3, 0.4) is 0 Å². The van der Waals surface area contributed by atoms with Crippen molar-refractivity contribution in [1.82, 2.24) is 5.43 Å². The van der Waals surface area contributed by atoms with Crippen LogP contribution in [0, 0.1) is 17.0 Å². The standard InChI is InChI=1S/C16H15N3O4/c1-12-5-7-13(8-6-12)10-17-18-16(20)11-23-15-4-2-3-14(9-15)19(21)22/h2-10H,11H2,1H3,(H,18,20)/b17-10-. The van der Waals surface area contributed by atoms with Crippen molar-refractivity contribution in [2.24, 2.45) is 5.10 Å². The fourth-order valence-corrected chi connectivity index (χ4v) is 1.70. The van der Waals surface area contributed by atoms with E-state index in [1.54, 1.807) is 0 Å². The monoisotopic (exact) mass is 313 g/mol. The van der Waals surface area contributed by atoms with E-state index >= 15 is 0 Å². The zero-order chi connectivity index (χ0) is 16.7. The van der Waals surface area contributed by atoms with Crippen LogP contribution in [-0.2, 0) is 4.79 Å². The predicted octanol–water partition coefficient (Wildman–Crippen LogP) is 2.43. The van der Waals surface area contributed by atoms with E-state index in [1.807, 2.05) is 31.2 Å². The number of non-ortho nitro benzene ring substituents is 1. The highest BCUT2D eigenvalue weighted by Crippen LogP contribution is 2.18. The van der Waals surface area contributed by atoms with Gasteiger partial charge in [-0.3, -0.25) is 14.9 Å². The van der Waals surface area contributed by atoms with Gasteiger partial charge in [0.25, 0.3) is 11.6 Å². The lowest BCUT2D eigenvalue weighted by atomic mass is 10.2. The summed E-state index contributed by atoms with van der Waals surface area (Å²) in [7, 11) is 0. The van der Waals surface area contributed by atoms with Crippen molar-refractivity contribution in [2.45, 2.75) is 6.92 Å². The quantitative estimate of drug-likeness (QED) is 0.503. The maximum atomic E-state index is 11.6. The molecular weight excluding hydrogens is 298 g/mol. The van der Waals surface area contributed by atoms with Gasteiger partial charge in [0, 0.05) is 6.07 Å². The van der Waals surface area contributed by atoms with Crippen LogP contribution in [0.4, 0.5) is 5.69 Å². The summed E-state index contributed by atoms with van der Waals surface area (Å²) >= 11 is 0. The topological polar surface area (TPSA) is 93.8 Å². The van der Waals surface area contributed by atoms with E-state index < -0.39 is 10.8 Å². The SMILES string of the molecule is Cc1ccc(/C=N\NC(=O)COc2cccc([N+](=O)[O-])c2)cc1. The van der Waals surface area contributed by atoms with E-state index in [1.165, 1.54) is 30.5 Å². The number of hydrazone groups is 1. The molecule has 0 fully saturated rings.